The molecule has 296 valence electrons. The topological polar surface area (TPSA) is 44.5 Å². The van der Waals surface area contributed by atoms with E-state index in [0.29, 0.717) is 0 Å². The lowest BCUT2D eigenvalue weighted by Gasteiger charge is -2.19. The van der Waals surface area contributed by atoms with E-state index >= 15 is 0 Å². The number of aromatic nitrogens is 3. The lowest BCUT2D eigenvalue weighted by atomic mass is 9.85. The first kappa shape index (κ1) is 37.8. The molecule has 0 spiro atoms. The van der Waals surface area contributed by atoms with Crippen LogP contribution in [0.4, 0.5) is 0 Å². The minimum Gasteiger partial charge on any atom is -0.353 e. The Kier molecular flexibility index (Phi) is 8.53. The molecule has 8 aromatic rings. The number of hydrogen-bond acceptors (Lipinski definition) is 1. The van der Waals surface area contributed by atoms with Gasteiger partial charge in [0.15, 0.2) is 0 Å². The zero-order valence-corrected chi connectivity index (χ0v) is 36.3. The fourth-order valence-electron chi connectivity index (χ4n) is 9.28. The van der Waals surface area contributed by atoms with E-state index in [2.05, 4.69) is 218 Å². The van der Waals surface area contributed by atoms with E-state index in [4.69, 9.17) is 4.98 Å². The number of rotatable bonds is 3. The van der Waals surface area contributed by atoms with Gasteiger partial charge in [0.25, 0.3) is 0 Å². The Bertz CT molecular complexity index is 3020. The molecule has 0 radical (unpaired) electrons. The van der Waals surface area contributed by atoms with Crippen LogP contribution in [0.2, 0.25) is 0 Å². The molecular weight excluding hydrogens is 727 g/mol. The molecule has 2 aliphatic rings. The first-order valence-electron chi connectivity index (χ1n) is 21.4. The number of benzene rings is 6. The summed E-state index contributed by atoms with van der Waals surface area (Å²) in [5.74, 6) is 0. The van der Waals surface area contributed by atoms with Gasteiger partial charge in [0.05, 0.1) is 33.5 Å². The van der Waals surface area contributed by atoms with Crippen LogP contribution in [0.15, 0.2) is 146 Å². The van der Waals surface area contributed by atoms with E-state index in [9.17, 15) is 0 Å². The lowest BCUT2D eigenvalue weighted by Crippen LogP contribution is -2.10. The van der Waals surface area contributed by atoms with E-state index in [1.165, 1.54) is 27.5 Å². The highest BCUT2D eigenvalue weighted by atomic mass is 14.8. The molecule has 1 aliphatic carbocycles. The van der Waals surface area contributed by atoms with Crippen LogP contribution < -0.4 is 0 Å². The summed E-state index contributed by atoms with van der Waals surface area (Å²) in [5.41, 5.74) is 19.2. The fourth-order valence-corrected chi connectivity index (χ4v) is 9.28. The lowest BCUT2D eigenvalue weighted by molar-refractivity contribution is 0.590. The van der Waals surface area contributed by atoms with Gasteiger partial charge in [-0.05, 0) is 49.6 Å². The molecule has 10 rings (SSSR count). The Hall–Kier alpha value is -6.45. The van der Waals surface area contributed by atoms with Gasteiger partial charge in [-0.25, -0.2) is 4.98 Å². The smallest absolute Gasteiger partial charge is 0.0816 e. The van der Waals surface area contributed by atoms with Crippen molar-refractivity contribution in [2.75, 3.05) is 0 Å². The van der Waals surface area contributed by atoms with Gasteiger partial charge in [0.1, 0.15) is 0 Å². The van der Waals surface area contributed by atoms with Crippen LogP contribution in [0, 0.1) is 0 Å². The Balaban J connectivity index is 1.48. The normalized spacial score (nSPS) is 12.8. The van der Waals surface area contributed by atoms with Gasteiger partial charge < -0.3 is 9.97 Å². The molecule has 1 aliphatic heterocycles. The Labute approximate surface area is 353 Å². The van der Waals surface area contributed by atoms with Crippen molar-refractivity contribution >= 4 is 43.6 Å². The van der Waals surface area contributed by atoms with Crippen molar-refractivity contribution in [3.05, 3.63) is 162 Å². The molecule has 0 atom stereocenters. The van der Waals surface area contributed by atoms with E-state index in [0.717, 1.165) is 88.7 Å². The average Bonchev–Trinajstić information content (AvgIpc) is 3.91. The van der Waals surface area contributed by atoms with Crippen LogP contribution in [0.5, 0.6) is 0 Å². The Morgan fingerprint density at radius 3 is 0.883 bits per heavy atom. The molecular formula is C57H53N3. The highest BCUT2D eigenvalue weighted by Gasteiger charge is 2.28. The summed E-state index contributed by atoms with van der Waals surface area (Å²) in [7, 11) is 0. The first-order valence-corrected chi connectivity index (χ1v) is 21.4. The summed E-state index contributed by atoms with van der Waals surface area (Å²) >= 11 is 0. The van der Waals surface area contributed by atoms with E-state index < -0.39 is 0 Å². The van der Waals surface area contributed by atoms with Gasteiger partial charge in [0, 0.05) is 49.4 Å². The van der Waals surface area contributed by atoms with Crippen LogP contribution in [0.25, 0.3) is 99.5 Å². The van der Waals surface area contributed by atoms with Gasteiger partial charge in [-0.1, -0.05) is 208 Å². The number of nitrogens with zero attached hydrogens (tertiary/aromatic N) is 1. The van der Waals surface area contributed by atoms with Crippen molar-refractivity contribution in [2.24, 2.45) is 0 Å². The van der Waals surface area contributed by atoms with Gasteiger partial charge >= 0.3 is 0 Å². The maximum absolute atomic E-state index is 5.85. The quantitative estimate of drug-likeness (QED) is 0.184. The molecule has 3 heteroatoms. The summed E-state index contributed by atoms with van der Waals surface area (Å²) in [6, 6.07) is 54.2. The highest BCUT2D eigenvalue weighted by Crippen LogP contribution is 2.50. The maximum atomic E-state index is 5.85. The second-order valence-electron chi connectivity index (χ2n) is 19.8. The van der Waals surface area contributed by atoms with Crippen LogP contribution in [-0.2, 0) is 16.2 Å². The van der Waals surface area contributed by atoms with E-state index in [1.807, 2.05) is 0 Å². The second kappa shape index (κ2) is 13.5. The molecule has 60 heavy (non-hydrogen) atoms. The molecule has 2 aromatic heterocycles. The molecule has 0 saturated heterocycles. The SMILES string of the molecule is CC(C)(C)c1ccc(-c2c3nc(c(-c4ccc(C(C)(C)C)cc4)c4[nH]c(c(-c5ccc(C(C)(C)C)cc5)c5[nH]c2c2ccccc52)c2ccccc42)-c2ccccc2-3)cc1. The van der Waals surface area contributed by atoms with Crippen LogP contribution in [0.3, 0.4) is 0 Å². The standard InChI is InChI=1S/C57H53N3/c1-55(2,3)37-28-22-34(23-29-37)46-49-40-16-10-12-18-42(40)51(58-49)47(35-24-30-38(31-25-35)56(4,5)6)53-44-20-14-15-21-45(44)54(60-53)48(36-26-32-39(33-27-36)57(7,8)9)52-43-19-13-11-17-41(43)50(46)59-52/h10-33,58-59H,1-9H3. The molecule has 0 unspecified atom stereocenters. The second-order valence-corrected chi connectivity index (χ2v) is 19.8. The van der Waals surface area contributed by atoms with Crippen LogP contribution in [-0.4, -0.2) is 15.0 Å². The summed E-state index contributed by atoms with van der Waals surface area (Å²) in [6.45, 7) is 20.5. The fraction of sp³-hybridized carbons (Fsp3) is 0.211. The van der Waals surface area contributed by atoms with Gasteiger partial charge in [-0.3, -0.25) is 0 Å². The highest BCUT2D eigenvalue weighted by molar-refractivity contribution is 6.23. The molecule has 6 aromatic carbocycles. The van der Waals surface area contributed by atoms with Crippen LogP contribution in [0.1, 0.15) is 79.0 Å². The van der Waals surface area contributed by atoms with E-state index in [1.54, 1.807) is 0 Å². The third-order valence-corrected chi connectivity index (χ3v) is 12.7. The number of hydrogen-bond donors (Lipinski definition) is 2. The Morgan fingerprint density at radius 1 is 0.317 bits per heavy atom. The van der Waals surface area contributed by atoms with Gasteiger partial charge in [-0.2, -0.15) is 0 Å². The van der Waals surface area contributed by atoms with Crippen molar-refractivity contribution < 1.29 is 0 Å². The van der Waals surface area contributed by atoms with Crippen molar-refractivity contribution in [3.63, 3.8) is 0 Å². The summed E-state index contributed by atoms with van der Waals surface area (Å²) in [4.78, 5) is 14.1. The predicted molar refractivity (Wildman–Crippen MR) is 257 cm³/mol. The maximum Gasteiger partial charge on any atom is 0.0816 e. The van der Waals surface area contributed by atoms with Crippen molar-refractivity contribution in [1.82, 2.24) is 15.0 Å². The van der Waals surface area contributed by atoms with Crippen LogP contribution >= 0.6 is 0 Å². The summed E-state index contributed by atoms with van der Waals surface area (Å²) < 4.78 is 0. The third kappa shape index (κ3) is 6.13. The molecule has 0 fully saturated rings. The number of nitrogens with one attached hydrogen (secondary N) is 2. The minimum atomic E-state index is 0.0228. The molecule has 2 N–H and O–H groups in total. The predicted octanol–water partition coefficient (Wildman–Crippen LogP) is 16.0. The zero-order chi connectivity index (χ0) is 41.7. The van der Waals surface area contributed by atoms with Gasteiger partial charge in [-0.15, -0.1) is 0 Å². The molecule has 3 heterocycles. The van der Waals surface area contributed by atoms with Crippen molar-refractivity contribution in [2.45, 2.75) is 78.6 Å². The molecule has 3 nitrogen and oxygen atoms in total. The largest absolute Gasteiger partial charge is 0.353 e. The Morgan fingerprint density at radius 2 is 0.583 bits per heavy atom. The number of aromatic amines is 2. The molecule has 0 saturated carbocycles. The number of H-pyrrole nitrogens is 2. The monoisotopic (exact) mass is 779 g/mol. The zero-order valence-electron chi connectivity index (χ0n) is 36.3. The van der Waals surface area contributed by atoms with E-state index in [-0.39, 0.29) is 16.2 Å². The third-order valence-electron chi connectivity index (χ3n) is 12.7. The summed E-state index contributed by atoms with van der Waals surface area (Å²) in [6.07, 6.45) is 0. The van der Waals surface area contributed by atoms with Crippen molar-refractivity contribution in [1.29, 1.82) is 0 Å². The van der Waals surface area contributed by atoms with Gasteiger partial charge in [0.2, 0.25) is 0 Å². The molecule has 0 amide bonds. The van der Waals surface area contributed by atoms with Crippen molar-refractivity contribution in [3.8, 4) is 55.9 Å². The minimum absolute atomic E-state index is 0.0228. The average molecular weight is 780 g/mol. The first-order chi connectivity index (χ1) is 28.7. The summed E-state index contributed by atoms with van der Waals surface area (Å²) in [5, 5.41) is 4.67. The molecule has 6 bridgehead atoms.